The molecule has 78 valence electrons. The van der Waals surface area contributed by atoms with Gasteiger partial charge in [0.1, 0.15) is 5.75 Å². The smallest absolute Gasteiger partial charge is 0.121 e. The Morgan fingerprint density at radius 1 is 1.14 bits per heavy atom. The van der Waals surface area contributed by atoms with Crippen LogP contribution in [0.5, 0.6) is 5.75 Å². The highest BCUT2D eigenvalue weighted by molar-refractivity contribution is 5.42. The van der Waals surface area contributed by atoms with Gasteiger partial charge in [-0.15, -0.1) is 0 Å². The van der Waals surface area contributed by atoms with Crippen LogP contribution in [0, 0.1) is 13.8 Å². The predicted molar refractivity (Wildman–Crippen MR) is 57.6 cm³/mol. The quantitative estimate of drug-likeness (QED) is 0.758. The molecule has 0 amide bonds. The fourth-order valence-corrected chi connectivity index (χ4v) is 1.65. The Bertz CT molecular complexity index is 312. The molecule has 0 saturated carbocycles. The van der Waals surface area contributed by atoms with Crippen molar-refractivity contribution in [2.45, 2.75) is 39.7 Å². The summed E-state index contributed by atoms with van der Waals surface area (Å²) in [5, 5.41) is 19.2. The number of phenols is 1. The number of aromatic hydroxyl groups is 1. The standard InChI is InChI=1S/C12H18O2/c1-8-5-10(7-12(3,4)14)6-9(2)11(8)13/h5-6,13-14H,7H2,1-4H3. The van der Waals surface area contributed by atoms with Crippen LogP contribution < -0.4 is 0 Å². The molecule has 2 heteroatoms. The van der Waals surface area contributed by atoms with Gasteiger partial charge in [-0.2, -0.15) is 0 Å². The van der Waals surface area contributed by atoms with Crippen molar-refractivity contribution in [3.8, 4) is 5.75 Å². The summed E-state index contributed by atoms with van der Waals surface area (Å²) in [5.41, 5.74) is 2.09. The van der Waals surface area contributed by atoms with Crippen LogP contribution in [0.1, 0.15) is 30.5 Å². The summed E-state index contributed by atoms with van der Waals surface area (Å²) in [6.07, 6.45) is 0.606. The Balaban J connectivity index is 3.02. The molecule has 1 aromatic carbocycles. The second-order valence-electron chi connectivity index (χ2n) is 4.57. The average molecular weight is 194 g/mol. The third-order valence-electron chi connectivity index (χ3n) is 2.19. The highest BCUT2D eigenvalue weighted by Crippen LogP contribution is 2.24. The zero-order valence-corrected chi connectivity index (χ0v) is 9.26. The molecular formula is C12H18O2. The largest absolute Gasteiger partial charge is 0.507 e. The predicted octanol–water partition coefficient (Wildman–Crippen LogP) is 2.32. The summed E-state index contributed by atoms with van der Waals surface area (Å²) in [6, 6.07) is 3.83. The minimum Gasteiger partial charge on any atom is -0.507 e. The number of phenolic OH excluding ortho intramolecular Hbond substituents is 1. The molecule has 2 nitrogen and oxygen atoms in total. The van der Waals surface area contributed by atoms with Crippen molar-refractivity contribution in [2.24, 2.45) is 0 Å². The maximum absolute atomic E-state index is 9.66. The molecule has 0 heterocycles. The molecule has 0 aliphatic rings. The molecule has 1 rings (SSSR count). The zero-order valence-electron chi connectivity index (χ0n) is 9.26. The number of aryl methyl sites for hydroxylation is 2. The number of benzene rings is 1. The van der Waals surface area contributed by atoms with Crippen molar-refractivity contribution in [3.05, 3.63) is 28.8 Å². The lowest BCUT2D eigenvalue weighted by molar-refractivity contribution is 0.0809. The molecule has 14 heavy (non-hydrogen) atoms. The Labute approximate surface area is 85.2 Å². The van der Waals surface area contributed by atoms with Crippen LogP contribution in [-0.4, -0.2) is 15.8 Å². The summed E-state index contributed by atoms with van der Waals surface area (Å²) in [6.45, 7) is 7.31. The molecule has 0 aliphatic heterocycles. The lowest BCUT2D eigenvalue weighted by Gasteiger charge is -2.18. The molecule has 0 bridgehead atoms. The highest BCUT2D eigenvalue weighted by atomic mass is 16.3. The number of hydrogen-bond acceptors (Lipinski definition) is 2. The van der Waals surface area contributed by atoms with E-state index in [1.165, 1.54) is 0 Å². The molecule has 0 spiro atoms. The van der Waals surface area contributed by atoms with Crippen LogP contribution >= 0.6 is 0 Å². The minimum atomic E-state index is -0.699. The van der Waals surface area contributed by atoms with E-state index in [9.17, 15) is 10.2 Å². The second-order valence-corrected chi connectivity index (χ2v) is 4.57. The second kappa shape index (κ2) is 3.62. The molecule has 0 aromatic heterocycles. The Morgan fingerprint density at radius 2 is 1.57 bits per heavy atom. The van der Waals surface area contributed by atoms with E-state index in [0.29, 0.717) is 12.2 Å². The van der Waals surface area contributed by atoms with Gasteiger partial charge in [0.25, 0.3) is 0 Å². The monoisotopic (exact) mass is 194 g/mol. The van der Waals surface area contributed by atoms with E-state index >= 15 is 0 Å². The molecule has 0 atom stereocenters. The van der Waals surface area contributed by atoms with Gasteiger partial charge in [0.05, 0.1) is 5.60 Å². The fraction of sp³-hybridized carbons (Fsp3) is 0.500. The van der Waals surface area contributed by atoms with E-state index in [1.54, 1.807) is 13.8 Å². The van der Waals surface area contributed by atoms with Crippen LogP contribution in [0.25, 0.3) is 0 Å². The average Bonchev–Trinajstić information content (AvgIpc) is 1.96. The van der Waals surface area contributed by atoms with Gasteiger partial charge in [-0.05, 0) is 44.4 Å². The Hall–Kier alpha value is -1.02. The maximum Gasteiger partial charge on any atom is 0.121 e. The van der Waals surface area contributed by atoms with Crippen molar-refractivity contribution in [1.82, 2.24) is 0 Å². The van der Waals surface area contributed by atoms with Crippen molar-refractivity contribution >= 4 is 0 Å². The number of hydrogen-bond donors (Lipinski definition) is 2. The van der Waals surface area contributed by atoms with Crippen molar-refractivity contribution in [3.63, 3.8) is 0 Å². The van der Waals surface area contributed by atoms with Gasteiger partial charge in [-0.3, -0.25) is 0 Å². The third-order valence-corrected chi connectivity index (χ3v) is 2.19. The SMILES string of the molecule is Cc1cc(CC(C)(C)O)cc(C)c1O. The Kier molecular flexibility index (Phi) is 2.86. The maximum atomic E-state index is 9.66. The molecule has 0 radical (unpaired) electrons. The molecule has 1 aromatic rings. The van der Waals surface area contributed by atoms with E-state index in [0.717, 1.165) is 16.7 Å². The first-order valence-electron chi connectivity index (χ1n) is 4.81. The van der Waals surface area contributed by atoms with Crippen LogP contribution in [-0.2, 0) is 6.42 Å². The van der Waals surface area contributed by atoms with Crippen molar-refractivity contribution in [2.75, 3.05) is 0 Å². The zero-order chi connectivity index (χ0) is 10.9. The molecule has 0 saturated heterocycles. The van der Waals surface area contributed by atoms with Gasteiger partial charge in [-0.25, -0.2) is 0 Å². The topological polar surface area (TPSA) is 40.5 Å². The van der Waals surface area contributed by atoms with E-state index < -0.39 is 5.60 Å². The molecule has 0 unspecified atom stereocenters. The third kappa shape index (κ3) is 2.74. The first-order valence-corrected chi connectivity index (χ1v) is 4.81. The van der Waals surface area contributed by atoms with Gasteiger partial charge in [0, 0.05) is 6.42 Å². The van der Waals surface area contributed by atoms with E-state index in [1.807, 2.05) is 26.0 Å². The fourth-order valence-electron chi connectivity index (χ4n) is 1.65. The van der Waals surface area contributed by atoms with Crippen LogP contribution in [0.4, 0.5) is 0 Å². The lowest BCUT2D eigenvalue weighted by atomic mass is 9.95. The van der Waals surface area contributed by atoms with Gasteiger partial charge in [0.2, 0.25) is 0 Å². The molecule has 2 N–H and O–H groups in total. The van der Waals surface area contributed by atoms with Gasteiger partial charge < -0.3 is 10.2 Å². The van der Waals surface area contributed by atoms with E-state index in [4.69, 9.17) is 0 Å². The minimum absolute atomic E-state index is 0.351. The molecule has 0 fully saturated rings. The van der Waals surface area contributed by atoms with E-state index in [-0.39, 0.29) is 0 Å². The van der Waals surface area contributed by atoms with Crippen LogP contribution in [0.3, 0.4) is 0 Å². The van der Waals surface area contributed by atoms with Gasteiger partial charge in [0.15, 0.2) is 0 Å². The van der Waals surface area contributed by atoms with E-state index in [2.05, 4.69) is 0 Å². The first-order chi connectivity index (χ1) is 6.29. The summed E-state index contributed by atoms with van der Waals surface area (Å²) < 4.78 is 0. The summed E-state index contributed by atoms with van der Waals surface area (Å²) in [5.74, 6) is 0.351. The van der Waals surface area contributed by atoms with Crippen LogP contribution in [0.2, 0.25) is 0 Å². The first kappa shape index (κ1) is 11.1. The summed E-state index contributed by atoms with van der Waals surface area (Å²) in [4.78, 5) is 0. The van der Waals surface area contributed by atoms with Gasteiger partial charge >= 0.3 is 0 Å². The highest BCUT2D eigenvalue weighted by Gasteiger charge is 2.14. The molecule has 0 aliphatic carbocycles. The Morgan fingerprint density at radius 3 is 1.93 bits per heavy atom. The lowest BCUT2D eigenvalue weighted by Crippen LogP contribution is -2.21. The molecular weight excluding hydrogens is 176 g/mol. The number of rotatable bonds is 2. The normalized spacial score (nSPS) is 11.8. The van der Waals surface area contributed by atoms with Crippen LogP contribution in [0.15, 0.2) is 12.1 Å². The van der Waals surface area contributed by atoms with Crippen molar-refractivity contribution in [1.29, 1.82) is 0 Å². The summed E-state index contributed by atoms with van der Waals surface area (Å²) >= 11 is 0. The number of aliphatic hydroxyl groups is 1. The van der Waals surface area contributed by atoms with Gasteiger partial charge in [-0.1, -0.05) is 12.1 Å². The summed E-state index contributed by atoms with van der Waals surface area (Å²) in [7, 11) is 0. The van der Waals surface area contributed by atoms with Crippen molar-refractivity contribution < 1.29 is 10.2 Å².